The molecule has 1 fully saturated rings. The van der Waals surface area contributed by atoms with E-state index in [0.717, 1.165) is 24.2 Å². The molecule has 1 amide bonds. The zero-order chi connectivity index (χ0) is 20.0. The van der Waals surface area contributed by atoms with E-state index in [9.17, 15) is 9.59 Å². The number of ether oxygens (including phenoxy) is 2. The largest absolute Gasteiger partial charge is 0.486 e. The van der Waals surface area contributed by atoms with Gasteiger partial charge in [-0.05, 0) is 42.7 Å². The van der Waals surface area contributed by atoms with Crippen molar-refractivity contribution in [1.29, 1.82) is 0 Å². The third-order valence-electron chi connectivity index (χ3n) is 5.45. The Hall–Kier alpha value is -2.93. The van der Waals surface area contributed by atoms with Crippen molar-refractivity contribution < 1.29 is 18.7 Å². The number of carbonyl (C=O) groups excluding carboxylic acids is 1. The van der Waals surface area contributed by atoms with Gasteiger partial charge in [-0.1, -0.05) is 17.7 Å². The fourth-order valence-corrected chi connectivity index (χ4v) is 4.26. The Morgan fingerprint density at radius 3 is 2.79 bits per heavy atom. The van der Waals surface area contributed by atoms with Gasteiger partial charge in [0, 0.05) is 17.6 Å². The van der Waals surface area contributed by atoms with Gasteiger partial charge in [-0.25, -0.2) is 4.79 Å². The summed E-state index contributed by atoms with van der Waals surface area (Å²) in [7, 11) is 0. The molecule has 8 heteroatoms. The molecule has 1 atom stereocenters. The van der Waals surface area contributed by atoms with Crippen molar-refractivity contribution in [3.05, 3.63) is 57.5 Å². The van der Waals surface area contributed by atoms with E-state index < -0.39 is 5.76 Å². The number of hydrogen-bond acceptors (Lipinski definition) is 5. The number of hydrogen-bond donors (Lipinski definition) is 0. The molecule has 3 heterocycles. The topological polar surface area (TPSA) is 73.9 Å². The van der Waals surface area contributed by atoms with Crippen molar-refractivity contribution in [2.45, 2.75) is 25.4 Å². The summed E-state index contributed by atoms with van der Waals surface area (Å²) < 4.78 is 17.9. The van der Waals surface area contributed by atoms with Crippen molar-refractivity contribution >= 4 is 28.6 Å². The smallest absolute Gasteiger partial charge is 0.420 e. The van der Waals surface area contributed by atoms with Crippen LogP contribution in [0.2, 0.25) is 5.02 Å². The van der Waals surface area contributed by atoms with Crippen LogP contribution in [0.25, 0.3) is 11.1 Å². The van der Waals surface area contributed by atoms with Crippen LogP contribution in [-0.2, 0) is 11.3 Å². The maximum absolute atomic E-state index is 13.1. The molecule has 7 nitrogen and oxygen atoms in total. The molecule has 1 aromatic heterocycles. The van der Waals surface area contributed by atoms with Crippen LogP contribution in [0.1, 0.15) is 24.4 Å². The van der Waals surface area contributed by atoms with Crippen LogP contribution in [-0.4, -0.2) is 35.1 Å². The van der Waals surface area contributed by atoms with E-state index in [4.69, 9.17) is 25.5 Å². The van der Waals surface area contributed by atoms with Gasteiger partial charge in [0.2, 0.25) is 5.91 Å². The van der Waals surface area contributed by atoms with E-state index in [1.54, 1.807) is 18.2 Å². The van der Waals surface area contributed by atoms with Crippen LogP contribution in [0.4, 0.5) is 0 Å². The van der Waals surface area contributed by atoms with Crippen LogP contribution in [0, 0.1) is 0 Å². The lowest BCUT2D eigenvalue weighted by Gasteiger charge is -2.27. The summed E-state index contributed by atoms with van der Waals surface area (Å²) in [5, 5.41) is 0.475. The van der Waals surface area contributed by atoms with Crippen molar-refractivity contribution in [2.75, 3.05) is 19.8 Å². The number of fused-ring (bicyclic) bond motifs is 2. The third-order valence-corrected chi connectivity index (χ3v) is 5.68. The van der Waals surface area contributed by atoms with Crippen LogP contribution >= 0.6 is 11.6 Å². The Morgan fingerprint density at radius 2 is 1.93 bits per heavy atom. The van der Waals surface area contributed by atoms with Gasteiger partial charge in [0.1, 0.15) is 19.8 Å². The van der Waals surface area contributed by atoms with Crippen LogP contribution in [0.3, 0.4) is 0 Å². The van der Waals surface area contributed by atoms with Crippen LogP contribution < -0.4 is 15.2 Å². The highest BCUT2D eigenvalue weighted by Crippen LogP contribution is 2.38. The average Bonchev–Trinajstić information content (AvgIpc) is 3.32. The number of oxazole rings is 1. The molecule has 2 aromatic carbocycles. The predicted octanol–water partition coefficient (Wildman–Crippen LogP) is 3.38. The standard InChI is InChI=1S/C21H19ClN2O5/c22-14-4-5-16-18(11-14)29-21(26)24(16)12-20(25)23-7-1-2-15(23)13-3-6-17-19(10-13)28-9-8-27-17/h3-6,10-11,15H,1-2,7-9,12H2. The molecule has 0 spiro atoms. The second-order valence-corrected chi connectivity index (χ2v) is 7.65. The molecule has 0 aliphatic carbocycles. The van der Waals surface area contributed by atoms with Gasteiger partial charge in [-0.15, -0.1) is 0 Å². The number of benzene rings is 2. The second kappa shape index (κ2) is 7.15. The molecule has 150 valence electrons. The highest BCUT2D eigenvalue weighted by molar-refractivity contribution is 6.31. The fourth-order valence-electron chi connectivity index (χ4n) is 4.10. The quantitative estimate of drug-likeness (QED) is 0.656. The lowest BCUT2D eigenvalue weighted by molar-refractivity contribution is -0.132. The molecule has 29 heavy (non-hydrogen) atoms. The van der Waals surface area contributed by atoms with Crippen molar-refractivity contribution in [3.8, 4) is 11.5 Å². The summed E-state index contributed by atoms with van der Waals surface area (Å²) in [5.41, 5.74) is 1.94. The van der Waals surface area contributed by atoms with Gasteiger partial charge in [0.25, 0.3) is 0 Å². The number of carbonyl (C=O) groups is 1. The number of amides is 1. The molecule has 0 radical (unpaired) electrons. The first-order valence-corrected chi connectivity index (χ1v) is 9.96. The molecule has 1 unspecified atom stereocenters. The van der Waals surface area contributed by atoms with Gasteiger partial charge < -0.3 is 18.8 Å². The third kappa shape index (κ3) is 3.25. The van der Waals surface area contributed by atoms with Gasteiger partial charge in [0.15, 0.2) is 17.1 Å². The number of rotatable bonds is 3. The van der Waals surface area contributed by atoms with Gasteiger partial charge in [-0.3, -0.25) is 9.36 Å². The number of halogens is 1. The van der Waals surface area contributed by atoms with E-state index >= 15 is 0 Å². The molecule has 0 N–H and O–H groups in total. The predicted molar refractivity (Wildman–Crippen MR) is 107 cm³/mol. The molecule has 1 saturated heterocycles. The first-order valence-electron chi connectivity index (χ1n) is 9.58. The minimum Gasteiger partial charge on any atom is -0.486 e. The van der Waals surface area contributed by atoms with Crippen LogP contribution in [0.5, 0.6) is 11.5 Å². The number of likely N-dealkylation sites (tertiary alicyclic amines) is 1. The summed E-state index contributed by atoms with van der Waals surface area (Å²) in [6.07, 6.45) is 1.77. The normalized spacial score (nSPS) is 18.4. The van der Waals surface area contributed by atoms with E-state index in [-0.39, 0.29) is 18.5 Å². The maximum atomic E-state index is 13.1. The lowest BCUT2D eigenvalue weighted by atomic mass is 10.0. The highest BCUT2D eigenvalue weighted by Gasteiger charge is 2.31. The molecule has 5 rings (SSSR count). The Labute approximate surface area is 171 Å². The van der Waals surface area contributed by atoms with E-state index in [0.29, 0.717) is 41.6 Å². The van der Waals surface area contributed by atoms with E-state index in [1.807, 2.05) is 23.1 Å². The molecule has 2 aliphatic heterocycles. The van der Waals surface area contributed by atoms with Crippen molar-refractivity contribution in [1.82, 2.24) is 9.47 Å². The van der Waals surface area contributed by atoms with Gasteiger partial charge >= 0.3 is 5.76 Å². The first kappa shape index (κ1) is 18.1. The van der Waals surface area contributed by atoms with Gasteiger partial charge in [-0.2, -0.15) is 0 Å². The summed E-state index contributed by atoms with van der Waals surface area (Å²) in [6.45, 7) is 1.63. The Balaban J connectivity index is 1.41. The Kier molecular flexibility index (Phi) is 4.47. The molecular formula is C21H19ClN2O5. The Morgan fingerprint density at radius 1 is 1.10 bits per heavy atom. The maximum Gasteiger partial charge on any atom is 0.420 e. The lowest BCUT2D eigenvalue weighted by Crippen LogP contribution is -2.35. The minimum atomic E-state index is -0.564. The summed E-state index contributed by atoms with van der Waals surface area (Å²) >= 11 is 5.96. The summed E-state index contributed by atoms with van der Waals surface area (Å²) in [4.78, 5) is 27.2. The van der Waals surface area contributed by atoms with Crippen LogP contribution in [0.15, 0.2) is 45.6 Å². The summed E-state index contributed by atoms with van der Waals surface area (Å²) in [6, 6.07) is 10.7. The fraction of sp³-hybridized carbons (Fsp3) is 0.333. The minimum absolute atomic E-state index is 0.0540. The molecule has 0 bridgehead atoms. The molecular weight excluding hydrogens is 396 g/mol. The highest BCUT2D eigenvalue weighted by atomic mass is 35.5. The van der Waals surface area contributed by atoms with Gasteiger partial charge in [0.05, 0.1) is 11.6 Å². The number of aromatic nitrogens is 1. The zero-order valence-corrected chi connectivity index (χ0v) is 16.4. The van der Waals surface area contributed by atoms with Crippen molar-refractivity contribution in [2.24, 2.45) is 0 Å². The zero-order valence-electron chi connectivity index (χ0n) is 15.6. The summed E-state index contributed by atoms with van der Waals surface area (Å²) in [5.74, 6) is 0.751. The number of nitrogens with zero attached hydrogens (tertiary/aromatic N) is 2. The van der Waals surface area contributed by atoms with E-state index in [2.05, 4.69) is 0 Å². The molecule has 2 aliphatic rings. The first-order chi connectivity index (χ1) is 14.1. The van der Waals surface area contributed by atoms with E-state index in [1.165, 1.54) is 4.57 Å². The Bertz CT molecular complexity index is 1150. The average molecular weight is 415 g/mol. The second-order valence-electron chi connectivity index (χ2n) is 7.21. The molecule has 3 aromatic rings. The van der Waals surface area contributed by atoms with Crippen molar-refractivity contribution in [3.63, 3.8) is 0 Å². The molecule has 0 saturated carbocycles. The SMILES string of the molecule is O=C(Cn1c(=O)oc2cc(Cl)ccc21)N1CCCC1c1ccc2c(c1)OCCO2. The monoisotopic (exact) mass is 414 g/mol.